The number of likely N-dealkylation sites (N-methyl/N-ethyl adjacent to an activating group) is 1. The summed E-state index contributed by atoms with van der Waals surface area (Å²) in [6, 6.07) is 3.39. The molecule has 106 valence electrons. The lowest BCUT2D eigenvalue weighted by Gasteiger charge is -2.38. The van der Waals surface area contributed by atoms with E-state index in [0.717, 1.165) is 32.4 Å². The number of aliphatic hydroxyl groups excluding tert-OH is 1. The van der Waals surface area contributed by atoms with E-state index in [4.69, 9.17) is 0 Å². The van der Waals surface area contributed by atoms with Gasteiger partial charge in [0, 0.05) is 32.2 Å². The fourth-order valence-electron chi connectivity index (χ4n) is 2.53. The van der Waals surface area contributed by atoms with Crippen LogP contribution < -0.4 is 0 Å². The number of hydrogen-bond donors (Lipinski definition) is 1. The van der Waals surface area contributed by atoms with E-state index in [-0.39, 0.29) is 5.82 Å². The predicted molar refractivity (Wildman–Crippen MR) is 72.3 cm³/mol. The van der Waals surface area contributed by atoms with Crippen molar-refractivity contribution in [3.8, 4) is 0 Å². The number of halogens is 1. The van der Waals surface area contributed by atoms with Gasteiger partial charge in [0.1, 0.15) is 5.82 Å². The summed E-state index contributed by atoms with van der Waals surface area (Å²) in [5.41, 5.74) is 0.545. The molecular formula is C14H22FN3O. The van der Waals surface area contributed by atoms with Crippen LogP contribution in [0.15, 0.2) is 18.3 Å². The molecule has 19 heavy (non-hydrogen) atoms. The van der Waals surface area contributed by atoms with E-state index >= 15 is 0 Å². The molecule has 1 saturated heterocycles. The quantitative estimate of drug-likeness (QED) is 0.892. The number of pyridine rings is 1. The molecule has 0 aromatic carbocycles. The first-order valence-electron chi connectivity index (χ1n) is 6.78. The molecule has 2 unspecified atom stereocenters. The van der Waals surface area contributed by atoms with Crippen molar-refractivity contribution in [2.45, 2.75) is 25.5 Å². The van der Waals surface area contributed by atoms with Crippen LogP contribution in [-0.2, 0) is 0 Å². The number of hydrogen-bond acceptors (Lipinski definition) is 4. The van der Waals surface area contributed by atoms with Crippen molar-refractivity contribution in [3.05, 3.63) is 29.8 Å². The minimum Gasteiger partial charge on any atom is -0.387 e. The molecular weight excluding hydrogens is 245 g/mol. The summed E-state index contributed by atoms with van der Waals surface area (Å²) in [5, 5.41) is 10.1. The molecule has 2 rings (SSSR count). The summed E-state index contributed by atoms with van der Waals surface area (Å²) < 4.78 is 12.8. The van der Waals surface area contributed by atoms with Crippen molar-refractivity contribution >= 4 is 0 Å². The molecule has 1 aliphatic rings. The lowest BCUT2D eigenvalue weighted by atomic mass is 10.1. The highest BCUT2D eigenvalue weighted by atomic mass is 19.1. The molecule has 1 aliphatic heterocycles. The smallest absolute Gasteiger partial charge is 0.141 e. The van der Waals surface area contributed by atoms with Gasteiger partial charge in [0.25, 0.3) is 0 Å². The van der Waals surface area contributed by atoms with Crippen LogP contribution in [0, 0.1) is 5.82 Å². The minimum absolute atomic E-state index is 0.372. The second-order valence-electron chi connectivity index (χ2n) is 5.35. The van der Waals surface area contributed by atoms with Crippen molar-refractivity contribution in [2.24, 2.45) is 0 Å². The average Bonchev–Trinajstić information content (AvgIpc) is 2.38. The van der Waals surface area contributed by atoms with Crippen LogP contribution in [0.4, 0.5) is 4.39 Å². The molecule has 5 heteroatoms. The minimum atomic E-state index is -0.618. The molecule has 2 heterocycles. The summed E-state index contributed by atoms with van der Waals surface area (Å²) in [4.78, 5) is 8.62. The third kappa shape index (κ3) is 3.96. The lowest BCUT2D eigenvalue weighted by Crippen LogP contribution is -2.50. The fraction of sp³-hybridized carbons (Fsp3) is 0.643. The summed E-state index contributed by atoms with van der Waals surface area (Å²) in [6.07, 6.45) is 1.16. The van der Waals surface area contributed by atoms with Crippen molar-refractivity contribution in [1.29, 1.82) is 0 Å². The molecule has 4 nitrogen and oxygen atoms in total. The molecule has 1 fully saturated rings. The molecule has 2 atom stereocenters. The Morgan fingerprint density at radius 1 is 1.47 bits per heavy atom. The highest BCUT2D eigenvalue weighted by Gasteiger charge is 2.22. The Hall–Kier alpha value is -1.04. The molecule has 0 bridgehead atoms. The van der Waals surface area contributed by atoms with Crippen LogP contribution in [-0.4, -0.2) is 59.2 Å². The van der Waals surface area contributed by atoms with E-state index in [9.17, 15) is 9.50 Å². The fourth-order valence-corrected chi connectivity index (χ4v) is 2.53. The zero-order valence-electron chi connectivity index (χ0n) is 11.6. The first-order chi connectivity index (χ1) is 9.06. The second-order valence-corrected chi connectivity index (χ2v) is 5.35. The maximum Gasteiger partial charge on any atom is 0.141 e. The van der Waals surface area contributed by atoms with E-state index in [1.807, 2.05) is 0 Å². The molecule has 0 amide bonds. The number of piperazine rings is 1. The lowest BCUT2D eigenvalue weighted by molar-refractivity contribution is 0.0759. The van der Waals surface area contributed by atoms with Gasteiger partial charge in [-0.3, -0.25) is 9.88 Å². The zero-order valence-corrected chi connectivity index (χ0v) is 11.6. The van der Waals surface area contributed by atoms with Gasteiger partial charge < -0.3 is 10.0 Å². The third-order valence-electron chi connectivity index (χ3n) is 3.75. The largest absolute Gasteiger partial charge is 0.387 e. The Morgan fingerprint density at radius 3 is 2.89 bits per heavy atom. The molecule has 1 aromatic heterocycles. The van der Waals surface area contributed by atoms with E-state index in [1.54, 1.807) is 6.07 Å². The van der Waals surface area contributed by atoms with Gasteiger partial charge in [-0.1, -0.05) is 0 Å². The van der Waals surface area contributed by atoms with Crippen molar-refractivity contribution in [3.63, 3.8) is 0 Å². The van der Waals surface area contributed by atoms with Crippen LogP contribution in [0.25, 0.3) is 0 Å². The number of rotatable bonds is 4. The molecule has 1 N–H and O–H groups in total. The Morgan fingerprint density at radius 2 is 2.26 bits per heavy atom. The van der Waals surface area contributed by atoms with Crippen LogP contribution in [0.2, 0.25) is 0 Å². The maximum atomic E-state index is 12.8. The van der Waals surface area contributed by atoms with Gasteiger partial charge in [-0.25, -0.2) is 4.39 Å². The first-order valence-corrected chi connectivity index (χ1v) is 6.78. The SMILES string of the molecule is CC1CN(C)CCN1CCC(O)c1ccc(F)cn1. The van der Waals surface area contributed by atoms with E-state index < -0.39 is 6.10 Å². The monoisotopic (exact) mass is 267 g/mol. The van der Waals surface area contributed by atoms with Crippen molar-refractivity contribution in [1.82, 2.24) is 14.8 Å². The van der Waals surface area contributed by atoms with Crippen molar-refractivity contribution in [2.75, 3.05) is 33.2 Å². The standard InChI is InChI=1S/C14H22FN3O/c1-11-10-17(2)7-8-18(11)6-5-14(19)13-4-3-12(15)9-16-13/h3-4,9,11,14,19H,5-8,10H2,1-2H3. The molecule has 1 aromatic rings. The maximum absolute atomic E-state index is 12.8. The summed E-state index contributed by atoms with van der Waals surface area (Å²) in [5.74, 6) is -0.372. The van der Waals surface area contributed by atoms with E-state index in [1.165, 1.54) is 6.07 Å². The van der Waals surface area contributed by atoms with E-state index in [0.29, 0.717) is 18.2 Å². The van der Waals surface area contributed by atoms with Gasteiger partial charge in [-0.15, -0.1) is 0 Å². The Labute approximate surface area is 113 Å². The first kappa shape index (κ1) is 14.4. The average molecular weight is 267 g/mol. The topological polar surface area (TPSA) is 39.6 Å². The second kappa shape index (κ2) is 6.41. The van der Waals surface area contributed by atoms with Gasteiger partial charge in [0.2, 0.25) is 0 Å². The van der Waals surface area contributed by atoms with Crippen LogP contribution >= 0.6 is 0 Å². The molecule has 0 radical (unpaired) electrons. The summed E-state index contributed by atoms with van der Waals surface area (Å²) in [6.45, 7) is 6.20. The van der Waals surface area contributed by atoms with Gasteiger partial charge >= 0.3 is 0 Å². The Kier molecular flexibility index (Phi) is 4.85. The number of aliphatic hydroxyl groups is 1. The van der Waals surface area contributed by atoms with E-state index in [2.05, 4.69) is 28.8 Å². The van der Waals surface area contributed by atoms with Crippen LogP contribution in [0.3, 0.4) is 0 Å². The van der Waals surface area contributed by atoms with Gasteiger partial charge in [-0.05, 0) is 32.5 Å². The van der Waals surface area contributed by atoms with Crippen LogP contribution in [0.5, 0.6) is 0 Å². The molecule has 0 spiro atoms. The highest BCUT2D eigenvalue weighted by Crippen LogP contribution is 2.17. The normalized spacial score (nSPS) is 23.5. The Balaban J connectivity index is 1.83. The van der Waals surface area contributed by atoms with Crippen LogP contribution in [0.1, 0.15) is 25.1 Å². The molecule has 0 aliphatic carbocycles. The highest BCUT2D eigenvalue weighted by molar-refractivity contribution is 5.08. The number of aromatic nitrogens is 1. The zero-order chi connectivity index (χ0) is 13.8. The molecule has 0 saturated carbocycles. The van der Waals surface area contributed by atoms with Gasteiger partial charge in [0.15, 0.2) is 0 Å². The summed E-state index contributed by atoms with van der Waals surface area (Å²) >= 11 is 0. The van der Waals surface area contributed by atoms with Crippen molar-refractivity contribution < 1.29 is 9.50 Å². The van der Waals surface area contributed by atoms with Gasteiger partial charge in [0.05, 0.1) is 18.0 Å². The number of nitrogens with zero attached hydrogens (tertiary/aromatic N) is 3. The predicted octanol–water partition coefficient (Wildman–Crippen LogP) is 1.28. The Bertz CT molecular complexity index is 398. The van der Waals surface area contributed by atoms with Gasteiger partial charge in [-0.2, -0.15) is 0 Å². The summed E-state index contributed by atoms with van der Waals surface area (Å²) in [7, 11) is 2.13. The third-order valence-corrected chi connectivity index (χ3v) is 3.75.